The summed E-state index contributed by atoms with van der Waals surface area (Å²) in [7, 11) is 0. The third-order valence-corrected chi connectivity index (χ3v) is 2.10. The van der Waals surface area contributed by atoms with Gasteiger partial charge in [-0.25, -0.2) is 8.78 Å². The van der Waals surface area contributed by atoms with Gasteiger partial charge in [0, 0.05) is 10.5 Å². The maximum Gasteiger partial charge on any atom is 0.574 e. The molecular formula is C7H3BrF5NO2. The van der Waals surface area contributed by atoms with Crippen molar-refractivity contribution < 1.29 is 26.7 Å². The van der Waals surface area contributed by atoms with Gasteiger partial charge in [-0.1, -0.05) is 0 Å². The highest BCUT2D eigenvalue weighted by atomic mass is 79.9. The van der Waals surface area contributed by atoms with Crippen molar-refractivity contribution in [2.75, 3.05) is 0 Å². The number of rotatable bonds is 2. The smallest absolute Gasteiger partial charge is 0.390 e. The molecule has 0 saturated carbocycles. The Kier molecular flexibility index (Phi) is 3.56. The molecule has 3 nitrogen and oxygen atoms in total. The van der Waals surface area contributed by atoms with E-state index in [9.17, 15) is 26.7 Å². The molecule has 0 radical (unpaired) electrons. The molecule has 9 heteroatoms. The summed E-state index contributed by atoms with van der Waals surface area (Å²) < 4.78 is 62.7. The van der Waals surface area contributed by atoms with Gasteiger partial charge in [0.15, 0.2) is 0 Å². The van der Waals surface area contributed by atoms with Crippen LogP contribution >= 0.6 is 15.9 Å². The largest absolute Gasteiger partial charge is 0.574 e. The Labute approximate surface area is 93.4 Å². The molecule has 0 unspecified atom stereocenters. The molecule has 16 heavy (non-hydrogen) atoms. The topological polar surface area (TPSA) is 42.1 Å². The van der Waals surface area contributed by atoms with Crippen LogP contribution in [0.5, 0.6) is 5.88 Å². The van der Waals surface area contributed by atoms with Crippen LogP contribution < -0.4 is 10.3 Å². The van der Waals surface area contributed by atoms with Gasteiger partial charge < -0.3 is 4.74 Å². The van der Waals surface area contributed by atoms with Crippen LogP contribution in [0.15, 0.2) is 15.3 Å². The van der Waals surface area contributed by atoms with Gasteiger partial charge in [0.1, 0.15) is 0 Å². The van der Waals surface area contributed by atoms with E-state index in [1.807, 2.05) is 0 Å². The molecule has 0 aliphatic carbocycles. The molecule has 1 heterocycles. The van der Waals surface area contributed by atoms with E-state index in [0.29, 0.717) is 6.07 Å². The van der Waals surface area contributed by atoms with Crippen molar-refractivity contribution in [1.82, 2.24) is 4.98 Å². The van der Waals surface area contributed by atoms with E-state index < -0.39 is 34.3 Å². The fourth-order valence-electron chi connectivity index (χ4n) is 0.900. The highest BCUT2D eigenvalue weighted by Crippen LogP contribution is 2.28. The van der Waals surface area contributed by atoms with Crippen molar-refractivity contribution in [3.8, 4) is 5.88 Å². The minimum Gasteiger partial charge on any atom is -0.390 e. The second-order valence-electron chi connectivity index (χ2n) is 2.57. The van der Waals surface area contributed by atoms with Crippen LogP contribution in [0.3, 0.4) is 0 Å². The standard InChI is InChI=1S/C7H3BrF5NO2/c8-2-1-3(16-7(11,12)13)14-6(15)4(2)5(9)10/h1,5H,(H,14,15). The highest BCUT2D eigenvalue weighted by Gasteiger charge is 2.32. The van der Waals surface area contributed by atoms with Gasteiger partial charge in [0.25, 0.3) is 12.0 Å². The summed E-state index contributed by atoms with van der Waals surface area (Å²) >= 11 is 2.56. The number of halogens is 6. The van der Waals surface area contributed by atoms with Crippen LogP contribution in [-0.2, 0) is 0 Å². The zero-order chi connectivity index (χ0) is 12.5. The number of hydrogen-bond acceptors (Lipinski definition) is 2. The van der Waals surface area contributed by atoms with E-state index in [4.69, 9.17) is 0 Å². The Morgan fingerprint density at radius 1 is 1.38 bits per heavy atom. The molecule has 0 aliphatic rings. The number of nitrogens with one attached hydrogen (secondary N) is 1. The van der Waals surface area contributed by atoms with Gasteiger partial charge in [0.2, 0.25) is 5.88 Å². The van der Waals surface area contributed by atoms with Crippen molar-refractivity contribution in [1.29, 1.82) is 0 Å². The predicted molar refractivity (Wildman–Crippen MR) is 46.4 cm³/mol. The lowest BCUT2D eigenvalue weighted by molar-refractivity contribution is -0.276. The van der Waals surface area contributed by atoms with Crippen molar-refractivity contribution in [3.05, 3.63) is 26.5 Å². The van der Waals surface area contributed by atoms with Gasteiger partial charge in [-0.15, -0.1) is 13.2 Å². The number of H-pyrrole nitrogens is 1. The number of aromatic nitrogens is 1. The van der Waals surface area contributed by atoms with Gasteiger partial charge in [-0.2, -0.15) is 0 Å². The summed E-state index contributed by atoms with van der Waals surface area (Å²) in [5.74, 6) is -0.964. The SMILES string of the molecule is O=c1[nH]c(OC(F)(F)F)cc(Br)c1C(F)F. The van der Waals surface area contributed by atoms with E-state index in [-0.39, 0.29) is 0 Å². The number of pyridine rings is 1. The molecule has 0 saturated heterocycles. The lowest BCUT2D eigenvalue weighted by atomic mass is 10.3. The van der Waals surface area contributed by atoms with E-state index >= 15 is 0 Å². The van der Waals surface area contributed by atoms with Crippen molar-refractivity contribution in [3.63, 3.8) is 0 Å². The summed E-state index contributed by atoms with van der Waals surface area (Å²) in [6, 6.07) is 0.608. The van der Waals surface area contributed by atoms with Crippen molar-refractivity contribution in [2.24, 2.45) is 0 Å². The molecule has 0 aliphatic heterocycles. The molecule has 1 N–H and O–H groups in total. The Hall–Kier alpha value is -1.12. The molecule has 1 rings (SSSR count). The molecule has 1 aromatic heterocycles. The van der Waals surface area contributed by atoms with Crippen LogP contribution in [0.1, 0.15) is 12.0 Å². The average molecular weight is 308 g/mol. The molecule has 0 spiro atoms. The molecule has 0 amide bonds. The van der Waals surface area contributed by atoms with E-state index in [2.05, 4.69) is 20.7 Å². The summed E-state index contributed by atoms with van der Waals surface area (Å²) in [4.78, 5) is 12.5. The maximum absolute atomic E-state index is 12.2. The number of alkyl halides is 5. The lowest BCUT2D eigenvalue weighted by Gasteiger charge is -2.09. The first kappa shape index (κ1) is 12.9. The minimum atomic E-state index is -5.01. The second kappa shape index (κ2) is 4.40. The zero-order valence-corrected chi connectivity index (χ0v) is 8.82. The first-order valence-corrected chi connectivity index (χ1v) is 4.46. The summed E-state index contributed by atoms with van der Waals surface area (Å²) in [6.45, 7) is 0. The summed E-state index contributed by atoms with van der Waals surface area (Å²) in [5, 5.41) is 0. The van der Waals surface area contributed by atoms with E-state index in [1.54, 1.807) is 4.98 Å². The lowest BCUT2D eigenvalue weighted by Crippen LogP contribution is -2.21. The summed E-state index contributed by atoms with van der Waals surface area (Å²) in [5.41, 5.74) is -2.29. The first-order valence-electron chi connectivity index (χ1n) is 3.67. The van der Waals surface area contributed by atoms with E-state index in [1.165, 1.54) is 0 Å². The van der Waals surface area contributed by atoms with E-state index in [0.717, 1.165) is 0 Å². The predicted octanol–water partition coefficient (Wildman–Crippen LogP) is 2.97. The molecular weight excluding hydrogens is 305 g/mol. The fourth-order valence-corrected chi connectivity index (χ4v) is 1.46. The Bertz CT molecular complexity index is 441. The normalized spacial score (nSPS) is 11.9. The van der Waals surface area contributed by atoms with Crippen LogP contribution in [0.2, 0.25) is 0 Å². The quantitative estimate of drug-likeness (QED) is 0.854. The monoisotopic (exact) mass is 307 g/mol. The second-order valence-corrected chi connectivity index (χ2v) is 3.43. The Morgan fingerprint density at radius 3 is 2.31 bits per heavy atom. The van der Waals surface area contributed by atoms with Gasteiger partial charge in [-0.3, -0.25) is 9.78 Å². The van der Waals surface area contributed by atoms with Gasteiger partial charge in [-0.05, 0) is 15.9 Å². The number of aromatic amines is 1. The molecule has 0 fully saturated rings. The summed E-state index contributed by atoms with van der Waals surface area (Å²) in [6.07, 6.45) is -8.10. The van der Waals surface area contributed by atoms with Crippen LogP contribution in [0.25, 0.3) is 0 Å². The average Bonchev–Trinajstić information content (AvgIpc) is 1.96. The van der Waals surface area contributed by atoms with Crippen molar-refractivity contribution in [2.45, 2.75) is 12.8 Å². The first-order chi connectivity index (χ1) is 7.20. The van der Waals surface area contributed by atoms with Crippen molar-refractivity contribution >= 4 is 15.9 Å². The third kappa shape index (κ3) is 3.19. The van der Waals surface area contributed by atoms with Crippen LogP contribution in [0, 0.1) is 0 Å². The van der Waals surface area contributed by atoms with Crippen LogP contribution in [-0.4, -0.2) is 11.3 Å². The number of hydrogen-bond donors (Lipinski definition) is 1. The zero-order valence-electron chi connectivity index (χ0n) is 7.24. The number of ether oxygens (including phenoxy) is 1. The molecule has 0 aromatic carbocycles. The minimum absolute atomic E-state index is 0.453. The highest BCUT2D eigenvalue weighted by molar-refractivity contribution is 9.10. The van der Waals surface area contributed by atoms with Gasteiger partial charge >= 0.3 is 6.36 Å². The van der Waals surface area contributed by atoms with Crippen LogP contribution in [0.4, 0.5) is 22.0 Å². The Morgan fingerprint density at radius 2 is 1.94 bits per heavy atom. The van der Waals surface area contributed by atoms with Gasteiger partial charge in [0.05, 0.1) is 5.56 Å². The molecule has 0 bridgehead atoms. The third-order valence-electron chi connectivity index (χ3n) is 1.44. The molecule has 1 aromatic rings. The fraction of sp³-hybridized carbons (Fsp3) is 0.286. The maximum atomic E-state index is 12.2. The molecule has 90 valence electrons. The Balaban J connectivity index is 3.16. The molecule has 0 atom stereocenters.